The molecule has 1 amide bonds. The molecule has 0 radical (unpaired) electrons. The number of nitrogens with zero attached hydrogens (tertiary/aromatic N) is 2. The number of oxazole rings is 1. The van der Waals surface area contributed by atoms with Crippen LogP contribution in [0.15, 0.2) is 65.4 Å². The van der Waals surface area contributed by atoms with Crippen LogP contribution in [-0.4, -0.2) is 16.0 Å². The Labute approximate surface area is 162 Å². The van der Waals surface area contributed by atoms with Crippen LogP contribution in [0.1, 0.15) is 34.7 Å². The predicted octanol–water partition coefficient (Wildman–Crippen LogP) is 5.27. The van der Waals surface area contributed by atoms with E-state index in [-0.39, 0.29) is 18.0 Å². The fourth-order valence-electron chi connectivity index (χ4n) is 3.31. The van der Waals surface area contributed by atoms with E-state index in [0.717, 1.165) is 12.1 Å². The Balaban J connectivity index is 1.76. The number of carbonyl (C=O) groups is 1. The first kappa shape index (κ1) is 19.0. The van der Waals surface area contributed by atoms with E-state index in [1.165, 1.54) is 53.8 Å². The highest BCUT2D eigenvalue weighted by atomic mass is 19.4. The number of alkyl halides is 3. The largest absolute Gasteiger partial charge is 0.447 e. The maximum atomic E-state index is 13.4. The first-order valence-corrected chi connectivity index (χ1v) is 8.61. The van der Waals surface area contributed by atoms with Gasteiger partial charge in [0, 0.05) is 0 Å². The fourth-order valence-corrected chi connectivity index (χ4v) is 3.31. The van der Waals surface area contributed by atoms with Crippen LogP contribution < -0.4 is 0 Å². The van der Waals surface area contributed by atoms with Crippen molar-refractivity contribution in [1.82, 2.24) is 9.88 Å². The molecule has 1 fully saturated rings. The molecule has 1 aromatic heterocycles. The Bertz CT molecular complexity index is 1000. The van der Waals surface area contributed by atoms with Crippen LogP contribution in [0.2, 0.25) is 0 Å². The molecule has 0 N–H and O–H groups in total. The Kier molecular flexibility index (Phi) is 4.73. The van der Waals surface area contributed by atoms with E-state index in [1.807, 2.05) is 0 Å². The molecule has 1 saturated heterocycles. The summed E-state index contributed by atoms with van der Waals surface area (Å²) in [6.07, 6.45) is -3.55. The zero-order valence-corrected chi connectivity index (χ0v) is 14.8. The SMILES string of the molecule is O=C1OC(c2cccc(C(F)(F)F)c2)C(c2ccc(F)cc2)N1Cc1ncco1. The van der Waals surface area contributed by atoms with E-state index in [2.05, 4.69) is 4.98 Å². The van der Waals surface area contributed by atoms with E-state index < -0.39 is 35.8 Å². The Morgan fingerprint density at radius 2 is 1.83 bits per heavy atom. The quantitative estimate of drug-likeness (QED) is 0.554. The van der Waals surface area contributed by atoms with Gasteiger partial charge in [-0.1, -0.05) is 24.3 Å². The van der Waals surface area contributed by atoms with Gasteiger partial charge in [0.05, 0.1) is 11.8 Å². The summed E-state index contributed by atoms with van der Waals surface area (Å²) in [5.74, 6) is -0.243. The van der Waals surface area contributed by atoms with E-state index in [9.17, 15) is 22.4 Å². The zero-order valence-electron chi connectivity index (χ0n) is 14.8. The smallest absolute Gasteiger partial charge is 0.416 e. The predicted molar refractivity (Wildman–Crippen MR) is 91.9 cm³/mol. The summed E-state index contributed by atoms with van der Waals surface area (Å²) in [5.41, 5.74) is -0.168. The van der Waals surface area contributed by atoms with Crippen LogP contribution >= 0.6 is 0 Å². The number of aromatic nitrogens is 1. The van der Waals surface area contributed by atoms with Gasteiger partial charge in [0.2, 0.25) is 5.89 Å². The normalized spacial score (nSPS) is 19.4. The van der Waals surface area contributed by atoms with Crippen molar-refractivity contribution in [1.29, 1.82) is 0 Å². The minimum Gasteiger partial charge on any atom is -0.447 e. The van der Waals surface area contributed by atoms with Gasteiger partial charge >= 0.3 is 12.3 Å². The lowest BCUT2D eigenvalue weighted by Crippen LogP contribution is -2.27. The summed E-state index contributed by atoms with van der Waals surface area (Å²) in [5, 5.41) is 0. The molecule has 2 heterocycles. The molecule has 0 aliphatic carbocycles. The number of carbonyl (C=O) groups excluding carboxylic acids is 1. The first-order chi connectivity index (χ1) is 13.8. The van der Waals surface area contributed by atoms with E-state index in [0.29, 0.717) is 5.56 Å². The molecule has 0 saturated carbocycles. The monoisotopic (exact) mass is 406 g/mol. The molecule has 2 atom stereocenters. The minimum atomic E-state index is -4.54. The number of rotatable bonds is 4. The van der Waals surface area contributed by atoms with Crippen molar-refractivity contribution in [3.8, 4) is 0 Å². The standard InChI is InChI=1S/C20H14F4N2O3/c21-15-6-4-12(5-7-15)17-18(13-2-1-3-14(10-13)20(22,23)24)29-19(27)26(17)11-16-25-8-9-28-16/h1-10,17-18H,11H2. The summed E-state index contributed by atoms with van der Waals surface area (Å²) in [6, 6.07) is 9.16. The van der Waals surface area contributed by atoms with Crippen molar-refractivity contribution in [2.45, 2.75) is 24.9 Å². The molecule has 150 valence electrons. The fraction of sp³-hybridized carbons (Fsp3) is 0.200. The van der Waals surface area contributed by atoms with Crippen molar-refractivity contribution in [2.75, 3.05) is 0 Å². The number of ether oxygens (including phenoxy) is 1. The molecular weight excluding hydrogens is 392 g/mol. The molecule has 0 bridgehead atoms. The molecule has 3 aromatic rings. The van der Waals surface area contributed by atoms with E-state index in [1.54, 1.807) is 0 Å². The molecule has 29 heavy (non-hydrogen) atoms. The highest BCUT2D eigenvalue weighted by Gasteiger charge is 2.44. The molecule has 0 spiro atoms. The van der Waals surface area contributed by atoms with Gasteiger partial charge < -0.3 is 9.15 Å². The van der Waals surface area contributed by atoms with Gasteiger partial charge in [-0.15, -0.1) is 0 Å². The van der Waals surface area contributed by atoms with Gasteiger partial charge in [-0.05, 0) is 35.4 Å². The molecule has 5 nitrogen and oxygen atoms in total. The summed E-state index contributed by atoms with van der Waals surface area (Å²) in [4.78, 5) is 17.8. The van der Waals surface area contributed by atoms with Crippen molar-refractivity contribution < 1.29 is 31.5 Å². The number of amides is 1. The minimum absolute atomic E-state index is 0.0522. The summed E-state index contributed by atoms with van der Waals surface area (Å²) in [7, 11) is 0. The van der Waals surface area contributed by atoms with E-state index >= 15 is 0 Å². The molecule has 1 aliphatic rings. The molecular formula is C20H14F4N2O3. The van der Waals surface area contributed by atoms with Crippen LogP contribution in [0.5, 0.6) is 0 Å². The average molecular weight is 406 g/mol. The van der Waals surface area contributed by atoms with Crippen LogP contribution in [0.25, 0.3) is 0 Å². The van der Waals surface area contributed by atoms with Gasteiger partial charge in [-0.3, -0.25) is 4.90 Å². The van der Waals surface area contributed by atoms with Crippen LogP contribution in [0.3, 0.4) is 0 Å². The Morgan fingerprint density at radius 3 is 2.48 bits per heavy atom. The highest BCUT2D eigenvalue weighted by molar-refractivity contribution is 5.71. The lowest BCUT2D eigenvalue weighted by atomic mass is 9.94. The molecule has 2 unspecified atom stereocenters. The number of benzene rings is 2. The van der Waals surface area contributed by atoms with Crippen molar-refractivity contribution in [3.63, 3.8) is 0 Å². The second-order valence-corrected chi connectivity index (χ2v) is 6.48. The molecule has 9 heteroatoms. The van der Waals surface area contributed by atoms with E-state index in [4.69, 9.17) is 9.15 Å². The van der Waals surface area contributed by atoms with Crippen LogP contribution in [0.4, 0.5) is 22.4 Å². The van der Waals surface area contributed by atoms with Crippen molar-refractivity contribution in [2.24, 2.45) is 0 Å². The Hall–Kier alpha value is -3.36. The maximum Gasteiger partial charge on any atom is 0.416 e. The molecule has 4 rings (SSSR count). The number of hydrogen-bond acceptors (Lipinski definition) is 4. The summed E-state index contributed by atoms with van der Waals surface area (Å²) < 4.78 is 63.4. The van der Waals surface area contributed by atoms with Gasteiger partial charge in [-0.2, -0.15) is 13.2 Å². The second-order valence-electron chi connectivity index (χ2n) is 6.48. The average Bonchev–Trinajstić information content (AvgIpc) is 3.31. The van der Waals surface area contributed by atoms with Crippen molar-refractivity contribution in [3.05, 3.63) is 89.4 Å². The summed E-state index contributed by atoms with van der Waals surface area (Å²) in [6.45, 7) is -0.0522. The highest BCUT2D eigenvalue weighted by Crippen LogP contribution is 2.44. The second kappa shape index (κ2) is 7.23. The third-order valence-corrected chi connectivity index (χ3v) is 4.63. The summed E-state index contributed by atoms with van der Waals surface area (Å²) >= 11 is 0. The first-order valence-electron chi connectivity index (χ1n) is 8.61. The van der Waals surface area contributed by atoms with Crippen LogP contribution in [-0.2, 0) is 17.5 Å². The molecule has 2 aromatic carbocycles. The number of halogens is 4. The van der Waals surface area contributed by atoms with Gasteiger partial charge in [0.25, 0.3) is 0 Å². The lowest BCUT2D eigenvalue weighted by molar-refractivity contribution is -0.137. The number of cyclic esters (lactones) is 1. The van der Waals surface area contributed by atoms with Crippen LogP contribution in [0, 0.1) is 5.82 Å². The number of hydrogen-bond donors (Lipinski definition) is 0. The van der Waals surface area contributed by atoms with Crippen molar-refractivity contribution >= 4 is 6.09 Å². The maximum absolute atomic E-state index is 13.4. The topological polar surface area (TPSA) is 55.6 Å². The Morgan fingerprint density at radius 1 is 1.07 bits per heavy atom. The molecule has 1 aliphatic heterocycles. The zero-order chi connectivity index (χ0) is 20.6. The van der Waals surface area contributed by atoms with Gasteiger partial charge in [-0.25, -0.2) is 14.2 Å². The van der Waals surface area contributed by atoms with Gasteiger partial charge in [0.1, 0.15) is 24.7 Å². The third kappa shape index (κ3) is 3.80. The van der Waals surface area contributed by atoms with Gasteiger partial charge in [0.15, 0.2) is 6.10 Å². The third-order valence-electron chi connectivity index (χ3n) is 4.63. The lowest BCUT2D eigenvalue weighted by Gasteiger charge is -2.24.